The predicted molar refractivity (Wildman–Crippen MR) is 116 cm³/mol. The number of carbonyl (C=O) groups is 2. The standard InChI is InChI=1S/C23H18N2O3S/c1-14-6-11-19-20(12-14)29-22(25-19)15-7-9-18(10-8-15)24-21(26)16-4-3-5-17(13-16)23(27)28-2/h3-13H,1-2H3,(H,24,26). The average Bonchev–Trinajstić information content (AvgIpc) is 3.17. The Morgan fingerprint density at radius 3 is 2.48 bits per heavy atom. The van der Waals surface area contributed by atoms with Gasteiger partial charge in [0, 0.05) is 16.8 Å². The molecule has 0 spiro atoms. The summed E-state index contributed by atoms with van der Waals surface area (Å²) in [6.45, 7) is 2.07. The molecule has 3 aromatic carbocycles. The van der Waals surface area contributed by atoms with Crippen LogP contribution < -0.4 is 5.32 Å². The molecule has 0 fully saturated rings. The van der Waals surface area contributed by atoms with Crippen molar-refractivity contribution in [2.24, 2.45) is 0 Å². The molecule has 0 unspecified atom stereocenters. The maximum Gasteiger partial charge on any atom is 0.337 e. The van der Waals surface area contributed by atoms with Crippen molar-refractivity contribution in [3.8, 4) is 10.6 Å². The quantitative estimate of drug-likeness (QED) is 0.470. The number of aryl methyl sites for hydroxylation is 1. The zero-order valence-electron chi connectivity index (χ0n) is 15.9. The van der Waals surface area contributed by atoms with Gasteiger partial charge in [0.1, 0.15) is 5.01 Å². The summed E-state index contributed by atoms with van der Waals surface area (Å²) in [7, 11) is 1.31. The lowest BCUT2D eigenvalue weighted by Crippen LogP contribution is -2.13. The predicted octanol–water partition coefficient (Wildman–Crippen LogP) is 5.31. The molecule has 29 heavy (non-hydrogen) atoms. The van der Waals surface area contributed by atoms with Gasteiger partial charge in [0.2, 0.25) is 0 Å². The third-order valence-corrected chi connectivity index (χ3v) is 5.55. The highest BCUT2D eigenvalue weighted by atomic mass is 32.1. The lowest BCUT2D eigenvalue weighted by molar-refractivity contribution is 0.0600. The van der Waals surface area contributed by atoms with Gasteiger partial charge in [0.15, 0.2) is 0 Å². The normalized spacial score (nSPS) is 10.7. The van der Waals surface area contributed by atoms with Crippen LogP contribution in [0, 0.1) is 6.92 Å². The van der Waals surface area contributed by atoms with Gasteiger partial charge in [-0.1, -0.05) is 12.1 Å². The molecule has 1 N–H and O–H groups in total. The summed E-state index contributed by atoms with van der Waals surface area (Å²) in [4.78, 5) is 28.8. The van der Waals surface area contributed by atoms with Crippen molar-refractivity contribution >= 4 is 39.1 Å². The zero-order valence-corrected chi connectivity index (χ0v) is 16.7. The van der Waals surface area contributed by atoms with E-state index in [0.717, 1.165) is 20.8 Å². The summed E-state index contributed by atoms with van der Waals surface area (Å²) >= 11 is 1.65. The largest absolute Gasteiger partial charge is 0.465 e. The van der Waals surface area contributed by atoms with Crippen LogP contribution in [0.4, 0.5) is 5.69 Å². The lowest BCUT2D eigenvalue weighted by Gasteiger charge is -2.07. The van der Waals surface area contributed by atoms with Gasteiger partial charge in [0.05, 0.1) is 22.9 Å². The smallest absolute Gasteiger partial charge is 0.337 e. The van der Waals surface area contributed by atoms with E-state index in [2.05, 4.69) is 29.4 Å². The van der Waals surface area contributed by atoms with Gasteiger partial charge in [0.25, 0.3) is 5.91 Å². The molecule has 0 aliphatic heterocycles. The van der Waals surface area contributed by atoms with Crippen LogP contribution in [0.25, 0.3) is 20.8 Å². The number of esters is 1. The number of amides is 1. The maximum atomic E-state index is 12.5. The first-order valence-electron chi connectivity index (χ1n) is 9.01. The second-order valence-electron chi connectivity index (χ2n) is 6.59. The van der Waals surface area contributed by atoms with Crippen molar-refractivity contribution in [2.45, 2.75) is 6.92 Å². The molecule has 1 amide bonds. The van der Waals surface area contributed by atoms with Gasteiger partial charge in [-0.2, -0.15) is 0 Å². The number of hydrogen-bond acceptors (Lipinski definition) is 5. The van der Waals surface area contributed by atoms with Crippen LogP contribution >= 0.6 is 11.3 Å². The van der Waals surface area contributed by atoms with Crippen LogP contribution in [-0.4, -0.2) is 24.0 Å². The number of nitrogens with zero attached hydrogens (tertiary/aromatic N) is 1. The van der Waals surface area contributed by atoms with Crippen LogP contribution in [-0.2, 0) is 4.74 Å². The molecule has 0 bridgehead atoms. The molecule has 0 radical (unpaired) electrons. The molecule has 4 aromatic rings. The summed E-state index contributed by atoms with van der Waals surface area (Å²) < 4.78 is 5.85. The van der Waals surface area contributed by atoms with E-state index in [1.807, 2.05) is 30.3 Å². The van der Waals surface area contributed by atoms with E-state index in [9.17, 15) is 9.59 Å². The van der Waals surface area contributed by atoms with Crippen molar-refractivity contribution < 1.29 is 14.3 Å². The zero-order chi connectivity index (χ0) is 20.4. The Morgan fingerprint density at radius 2 is 1.72 bits per heavy atom. The molecule has 0 aliphatic rings. The number of methoxy groups -OCH3 is 1. The molecule has 0 saturated heterocycles. The molecular formula is C23H18N2O3S. The minimum Gasteiger partial charge on any atom is -0.465 e. The SMILES string of the molecule is COC(=O)c1cccc(C(=O)Nc2ccc(-c3nc4ccc(C)cc4s3)cc2)c1. The fourth-order valence-electron chi connectivity index (χ4n) is 2.96. The van der Waals surface area contributed by atoms with Crippen molar-refractivity contribution in [1.29, 1.82) is 0 Å². The number of hydrogen-bond donors (Lipinski definition) is 1. The summed E-state index contributed by atoms with van der Waals surface area (Å²) in [5.41, 5.74) is 4.58. The van der Waals surface area contributed by atoms with Gasteiger partial charge in [-0.15, -0.1) is 11.3 Å². The van der Waals surface area contributed by atoms with Gasteiger partial charge in [-0.05, 0) is 67.1 Å². The first-order chi connectivity index (χ1) is 14.0. The number of nitrogens with one attached hydrogen (secondary N) is 1. The topological polar surface area (TPSA) is 68.3 Å². The Kier molecular flexibility index (Phi) is 5.10. The fraction of sp³-hybridized carbons (Fsp3) is 0.0870. The minimum absolute atomic E-state index is 0.293. The monoisotopic (exact) mass is 402 g/mol. The van der Waals surface area contributed by atoms with Crippen LogP contribution in [0.1, 0.15) is 26.3 Å². The number of thiazole rings is 1. The highest BCUT2D eigenvalue weighted by molar-refractivity contribution is 7.21. The van der Waals surface area contributed by atoms with Crippen molar-refractivity contribution in [1.82, 2.24) is 4.98 Å². The Morgan fingerprint density at radius 1 is 0.966 bits per heavy atom. The molecule has 6 heteroatoms. The second-order valence-corrected chi connectivity index (χ2v) is 7.62. The molecule has 4 rings (SSSR count). The number of carbonyl (C=O) groups excluding carboxylic acids is 2. The van der Waals surface area contributed by atoms with Crippen LogP contribution in [0.2, 0.25) is 0 Å². The van der Waals surface area contributed by atoms with Crippen molar-refractivity contribution in [3.63, 3.8) is 0 Å². The van der Waals surface area contributed by atoms with E-state index in [1.165, 1.54) is 18.7 Å². The summed E-state index contributed by atoms with van der Waals surface area (Å²) in [5, 5.41) is 3.79. The first kappa shape index (κ1) is 18.8. The van der Waals surface area contributed by atoms with E-state index in [4.69, 9.17) is 4.74 Å². The second kappa shape index (κ2) is 7.85. The number of rotatable bonds is 4. The van der Waals surface area contributed by atoms with Crippen molar-refractivity contribution in [3.05, 3.63) is 83.4 Å². The number of ether oxygens (including phenoxy) is 1. The fourth-order valence-corrected chi connectivity index (χ4v) is 4.03. The van der Waals surface area contributed by atoms with Crippen molar-refractivity contribution in [2.75, 3.05) is 12.4 Å². The third kappa shape index (κ3) is 4.02. The molecule has 1 aromatic heterocycles. The maximum absolute atomic E-state index is 12.5. The van der Waals surface area contributed by atoms with Crippen LogP contribution in [0.5, 0.6) is 0 Å². The van der Waals surface area contributed by atoms with Gasteiger partial charge in [-0.25, -0.2) is 9.78 Å². The summed E-state index contributed by atoms with van der Waals surface area (Å²) in [6, 6.07) is 20.2. The molecule has 0 saturated carbocycles. The van der Waals surface area contributed by atoms with E-state index >= 15 is 0 Å². The molecule has 0 atom stereocenters. The summed E-state index contributed by atoms with van der Waals surface area (Å²) in [5.74, 6) is -0.769. The third-order valence-electron chi connectivity index (χ3n) is 4.48. The van der Waals surface area contributed by atoms with Gasteiger partial charge in [-0.3, -0.25) is 4.79 Å². The molecule has 0 aliphatic carbocycles. The first-order valence-corrected chi connectivity index (χ1v) is 9.82. The van der Waals surface area contributed by atoms with E-state index in [0.29, 0.717) is 16.8 Å². The molecule has 5 nitrogen and oxygen atoms in total. The number of aromatic nitrogens is 1. The Labute approximate surface area is 172 Å². The highest BCUT2D eigenvalue weighted by Crippen LogP contribution is 2.31. The Bertz CT molecular complexity index is 1210. The highest BCUT2D eigenvalue weighted by Gasteiger charge is 2.12. The van der Waals surface area contributed by atoms with Crippen LogP contribution in [0.15, 0.2) is 66.7 Å². The average molecular weight is 402 g/mol. The summed E-state index contributed by atoms with van der Waals surface area (Å²) in [6.07, 6.45) is 0. The number of anilines is 1. The molecule has 144 valence electrons. The lowest BCUT2D eigenvalue weighted by atomic mass is 10.1. The number of fused-ring (bicyclic) bond motifs is 1. The minimum atomic E-state index is -0.477. The van der Waals surface area contributed by atoms with E-state index in [-0.39, 0.29) is 5.91 Å². The van der Waals surface area contributed by atoms with Gasteiger partial charge >= 0.3 is 5.97 Å². The Balaban J connectivity index is 1.52. The Hall–Kier alpha value is -3.51. The van der Waals surface area contributed by atoms with E-state index in [1.54, 1.807) is 29.5 Å². The van der Waals surface area contributed by atoms with Crippen LogP contribution in [0.3, 0.4) is 0 Å². The van der Waals surface area contributed by atoms with E-state index < -0.39 is 5.97 Å². The molecular weight excluding hydrogens is 384 g/mol. The van der Waals surface area contributed by atoms with Gasteiger partial charge < -0.3 is 10.1 Å². The molecule has 1 heterocycles. The number of benzene rings is 3.